The Kier molecular flexibility index (Phi) is 8.17. The lowest BCUT2D eigenvalue weighted by atomic mass is 9.90. The van der Waals surface area contributed by atoms with Crippen molar-refractivity contribution < 1.29 is 26.8 Å². The zero-order valence-corrected chi connectivity index (χ0v) is 21.9. The minimum absolute atomic E-state index is 0.227. The van der Waals surface area contributed by atoms with Gasteiger partial charge in [0, 0.05) is 55.4 Å². The van der Waals surface area contributed by atoms with E-state index >= 15 is 0 Å². The minimum atomic E-state index is -3.69. The number of anilines is 1. The van der Waals surface area contributed by atoms with Gasteiger partial charge in [-0.05, 0) is 31.9 Å². The van der Waals surface area contributed by atoms with Crippen LogP contribution in [0, 0.1) is 11.6 Å². The largest absolute Gasteiger partial charge is 0.357 e. The van der Waals surface area contributed by atoms with Crippen molar-refractivity contribution in [3.63, 3.8) is 0 Å². The van der Waals surface area contributed by atoms with Crippen LogP contribution in [0.2, 0.25) is 5.15 Å². The monoisotopic (exact) mass is 564 g/mol. The van der Waals surface area contributed by atoms with Crippen LogP contribution in [0.3, 0.4) is 0 Å². The van der Waals surface area contributed by atoms with Crippen molar-refractivity contribution in [3.05, 3.63) is 70.8 Å². The Morgan fingerprint density at radius 3 is 2.50 bits per heavy atom. The first-order valence-electron chi connectivity index (χ1n) is 11.4. The van der Waals surface area contributed by atoms with Crippen molar-refractivity contribution in [1.29, 1.82) is 0 Å². The Hall–Kier alpha value is -3.71. The van der Waals surface area contributed by atoms with Crippen LogP contribution >= 0.6 is 11.6 Å². The molecule has 3 heterocycles. The summed E-state index contributed by atoms with van der Waals surface area (Å²) in [6.07, 6.45) is 4.67. The summed E-state index contributed by atoms with van der Waals surface area (Å²) in [5.41, 5.74) is 0.799. The maximum absolute atomic E-state index is 13.9. The molecule has 0 aliphatic carbocycles. The second kappa shape index (κ2) is 11.4. The number of urea groups is 1. The van der Waals surface area contributed by atoms with E-state index in [1.807, 2.05) is 0 Å². The number of piperidine rings is 1. The van der Waals surface area contributed by atoms with Crippen LogP contribution in [0.5, 0.6) is 5.75 Å². The van der Waals surface area contributed by atoms with Crippen LogP contribution in [0.15, 0.2) is 53.0 Å². The van der Waals surface area contributed by atoms with E-state index in [9.17, 15) is 22.0 Å². The van der Waals surface area contributed by atoms with E-state index < -0.39 is 33.2 Å². The van der Waals surface area contributed by atoms with Gasteiger partial charge in [-0.3, -0.25) is 0 Å². The number of para-hydroxylation sites is 1. The molecule has 2 aromatic heterocycles. The molecule has 1 aliphatic heterocycles. The number of rotatable bonds is 6. The van der Waals surface area contributed by atoms with Gasteiger partial charge >= 0.3 is 6.03 Å². The van der Waals surface area contributed by atoms with Crippen molar-refractivity contribution in [2.75, 3.05) is 24.7 Å². The topological polar surface area (TPSA) is 127 Å². The number of oxime groups is 1. The molecule has 1 saturated heterocycles. The third-order valence-electron chi connectivity index (χ3n) is 5.87. The van der Waals surface area contributed by atoms with Crippen LogP contribution in [0.25, 0.3) is 0 Å². The Balaban J connectivity index is 1.54. The molecule has 2 amide bonds. The summed E-state index contributed by atoms with van der Waals surface area (Å²) in [6, 6.07) is 5.72. The van der Waals surface area contributed by atoms with Gasteiger partial charge in [0.1, 0.15) is 22.5 Å². The van der Waals surface area contributed by atoms with Crippen LogP contribution in [0.4, 0.5) is 19.3 Å². The van der Waals surface area contributed by atoms with Crippen LogP contribution in [-0.2, 0) is 9.84 Å². The molecular weight excluding hydrogens is 542 g/mol. The first-order valence-corrected chi connectivity index (χ1v) is 13.7. The molecule has 10 nitrogen and oxygen atoms in total. The highest BCUT2D eigenvalue weighted by Gasteiger charge is 2.29. The lowest BCUT2D eigenvalue weighted by Gasteiger charge is -2.32. The number of nitrogens with one attached hydrogen (secondary N) is 1. The number of nitrogens with zero attached hydrogens (tertiary/aromatic N) is 5. The number of hydrogen-bond acceptors (Lipinski definition) is 8. The van der Waals surface area contributed by atoms with Gasteiger partial charge in [0.25, 0.3) is 0 Å². The number of sulfone groups is 1. The van der Waals surface area contributed by atoms with Crippen LogP contribution in [0.1, 0.15) is 36.9 Å². The molecule has 3 aromatic rings. The van der Waals surface area contributed by atoms with Gasteiger partial charge in [-0.1, -0.05) is 22.8 Å². The van der Waals surface area contributed by atoms with Gasteiger partial charge in [0.15, 0.2) is 5.75 Å². The van der Waals surface area contributed by atoms with Gasteiger partial charge in [-0.25, -0.2) is 36.9 Å². The standard InChI is InChI=1S/C24H23ClF2N6O4S/c1-14(32-37-16-6-9-28-20(25)12-16)17-13-29-23(38(2,35)36)30-21(17)15-7-10-33(11-8-15)24(34)31-22-18(26)4-3-5-19(22)27/h3-6,9,12-13,15H,7-8,10-11H2,1-2H3,(H,31,34). The Morgan fingerprint density at radius 2 is 1.87 bits per heavy atom. The predicted octanol–water partition coefficient (Wildman–Crippen LogP) is 4.42. The molecular formula is C24H23ClF2N6O4S. The first-order chi connectivity index (χ1) is 18.0. The fourth-order valence-electron chi connectivity index (χ4n) is 3.92. The van der Waals surface area contributed by atoms with Crippen molar-refractivity contribution in [3.8, 4) is 5.75 Å². The summed E-state index contributed by atoms with van der Waals surface area (Å²) >= 11 is 5.87. The van der Waals surface area contributed by atoms with E-state index in [1.165, 1.54) is 29.4 Å². The third-order valence-corrected chi connectivity index (χ3v) is 6.93. The average molecular weight is 565 g/mol. The van der Waals surface area contributed by atoms with Crippen molar-refractivity contribution >= 4 is 38.9 Å². The molecule has 4 rings (SSSR count). The van der Waals surface area contributed by atoms with Gasteiger partial charge in [0.05, 0.1) is 11.4 Å². The Labute approximate surface area is 222 Å². The molecule has 1 fully saturated rings. The maximum Gasteiger partial charge on any atom is 0.322 e. The van der Waals surface area contributed by atoms with Crippen LogP contribution in [-0.4, -0.2) is 59.4 Å². The van der Waals surface area contributed by atoms with Crippen molar-refractivity contribution in [2.24, 2.45) is 5.16 Å². The lowest BCUT2D eigenvalue weighted by molar-refractivity contribution is 0.193. The number of benzene rings is 1. The molecule has 38 heavy (non-hydrogen) atoms. The first kappa shape index (κ1) is 27.3. The van der Waals surface area contributed by atoms with Crippen LogP contribution < -0.4 is 10.2 Å². The number of hydrogen-bond donors (Lipinski definition) is 1. The van der Waals surface area contributed by atoms with E-state index in [0.717, 1.165) is 18.4 Å². The number of carbonyl (C=O) groups is 1. The molecule has 14 heteroatoms. The zero-order chi connectivity index (χ0) is 27.4. The minimum Gasteiger partial charge on any atom is -0.357 e. The quantitative estimate of drug-likeness (QED) is 0.203. The van der Waals surface area contributed by atoms with E-state index in [1.54, 1.807) is 13.0 Å². The van der Waals surface area contributed by atoms with E-state index in [-0.39, 0.29) is 29.3 Å². The summed E-state index contributed by atoms with van der Waals surface area (Å²) in [5.74, 6) is -1.65. The van der Waals surface area contributed by atoms with Gasteiger partial charge < -0.3 is 15.1 Å². The summed E-state index contributed by atoms with van der Waals surface area (Å²) in [7, 11) is -3.69. The molecule has 0 spiro atoms. The number of pyridine rings is 1. The van der Waals surface area contributed by atoms with Crippen molar-refractivity contribution in [1.82, 2.24) is 19.9 Å². The number of halogens is 3. The highest BCUT2D eigenvalue weighted by atomic mass is 35.5. The Morgan fingerprint density at radius 1 is 1.18 bits per heavy atom. The van der Waals surface area contributed by atoms with Gasteiger partial charge in [-0.2, -0.15) is 0 Å². The number of carbonyl (C=O) groups excluding carboxylic acids is 1. The number of aromatic nitrogens is 3. The molecule has 1 aliphatic rings. The molecule has 0 bridgehead atoms. The number of amides is 2. The second-order valence-corrected chi connectivity index (χ2v) is 10.9. The smallest absolute Gasteiger partial charge is 0.322 e. The number of likely N-dealkylation sites (tertiary alicyclic amines) is 1. The maximum atomic E-state index is 13.9. The summed E-state index contributed by atoms with van der Waals surface area (Å²) in [4.78, 5) is 31.7. The van der Waals surface area contributed by atoms with Gasteiger partial charge in [0.2, 0.25) is 15.0 Å². The highest BCUT2D eigenvalue weighted by Crippen LogP contribution is 2.31. The molecule has 200 valence electrons. The average Bonchev–Trinajstić information content (AvgIpc) is 2.88. The molecule has 0 radical (unpaired) electrons. The summed E-state index contributed by atoms with van der Waals surface area (Å²) in [5, 5.41) is 6.29. The lowest BCUT2D eigenvalue weighted by Crippen LogP contribution is -2.41. The van der Waals surface area contributed by atoms with Crippen molar-refractivity contribution in [2.45, 2.75) is 30.8 Å². The van der Waals surface area contributed by atoms with Gasteiger partial charge in [-0.15, -0.1) is 0 Å². The molecule has 0 saturated carbocycles. The second-order valence-electron chi connectivity index (χ2n) is 8.59. The third kappa shape index (κ3) is 6.40. The molecule has 0 unspecified atom stereocenters. The molecule has 0 atom stereocenters. The Bertz CT molecular complexity index is 1480. The van der Waals surface area contributed by atoms with E-state index in [4.69, 9.17) is 16.4 Å². The highest BCUT2D eigenvalue weighted by molar-refractivity contribution is 7.90. The zero-order valence-electron chi connectivity index (χ0n) is 20.4. The summed E-state index contributed by atoms with van der Waals surface area (Å²) in [6.45, 7) is 2.15. The SMILES string of the molecule is CC(=NOc1ccnc(Cl)c1)c1cnc(S(C)(=O)=O)nc1C1CCN(C(=O)Nc2c(F)cccc2F)CC1. The molecule has 1 N–H and O–H groups in total. The fraction of sp³-hybridized carbons (Fsp3) is 0.292. The van der Waals surface area contributed by atoms with E-state index in [2.05, 4.69) is 25.4 Å². The molecule has 1 aromatic carbocycles. The summed E-state index contributed by atoms with van der Waals surface area (Å²) < 4.78 is 52.2. The van der Waals surface area contributed by atoms with E-state index in [0.29, 0.717) is 35.6 Å². The normalized spacial score (nSPS) is 14.9. The predicted molar refractivity (Wildman–Crippen MR) is 136 cm³/mol. The fourth-order valence-corrected chi connectivity index (χ4v) is 4.59.